The molecule has 0 heterocycles. The van der Waals surface area contributed by atoms with Gasteiger partial charge in [0.25, 0.3) is 0 Å². The molecule has 0 atom stereocenters. The van der Waals surface area contributed by atoms with Gasteiger partial charge in [-0.1, -0.05) is 23.7 Å². The number of anilines is 1. The van der Waals surface area contributed by atoms with Crippen LogP contribution in [0.1, 0.15) is 18.1 Å². The first kappa shape index (κ1) is 15.5. The molecule has 0 fully saturated rings. The second-order valence-corrected chi connectivity index (χ2v) is 5.16. The van der Waals surface area contributed by atoms with Crippen LogP contribution in [0.4, 0.5) is 5.69 Å². The van der Waals surface area contributed by atoms with Crippen LogP contribution in [-0.2, 0) is 6.54 Å². The number of aryl methyl sites for hydroxylation is 1. The fraction of sp³-hybridized carbons (Fsp3) is 0.294. The molecule has 112 valence electrons. The predicted octanol–water partition coefficient (Wildman–Crippen LogP) is 4.67. The largest absolute Gasteiger partial charge is 0.493 e. The van der Waals surface area contributed by atoms with Crippen LogP contribution in [0, 0.1) is 6.92 Å². The van der Waals surface area contributed by atoms with Gasteiger partial charge < -0.3 is 14.8 Å². The maximum Gasteiger partial charge on any atom is 0.161 e. The molecule has 2 rings (SSSR count). The van der Waals surface area contributed by atoms with E-state index in [0.717, 1.165) is 33.3 Å². The molecule has 0 aliphatic heterocycles. The number of nitrogens with one attached hydrogen (secondary N) is 1. The molecular weight excluding hydrogens is 286 g/mol. The minimum Gasteiger partial charge on any atom is -0.493 e. The summed E-state index contributed by atoms with van der Waals surface area (Å²) in [5.41, 5.74) is 3.18. The van der Waals surface area contributed by atoms with E-state index in [9.17, 15) is 0 Å². The highest BCUT2D eigenvalue weighted by Gasteiger charge is 2.06. The van der Waals surface area contributed by atoms with Crippen molar-refractivity contribution in [1.82, 2.24) is 0 Å². The lowest BCUT2D eigenvalue weighted by Gasteiger charge is -2.13. The number of methoxy groups -OCH3 is 1. The van der Waals surface area contributed by atoms with Crippen molar-refractivity contribution < 1.29 is 9.47 Å². The summed E-state index contributed by atoms with van der Waals surface area (Å²) in [6.45, 7) is 5.26. The van der Waals surface area contributed by atoms with E-state index in [4.69, 9.17) is 21.1 Å². The average molecular weight is 306 g/mol. The number of halogens is 1. The summed E-state index contributed by atoms with van der Waals surface area (Å²) in [6.07, 6.45) is 0. The first-order valence-corrected chi connectivity index (χ1v) is 7.31. The number of benzene rings is 2. The number of ether oxygens (including phenoxy) is 2. The minimum atomic E-state index is 0.608. The normalized spacial score (nSPS) is 10.3. The minimum absolute atomic E-state index is 0.608. The summed E-state index contributed by atoms with van der Waals surface area (Å²) < 4.78 is 10.9. The Morgan fingerprint density at radius 2 is 1.90 bits per heavy atom. The maximum atomic E-state index is 6.22. The number of rotatable bonds is 6. The summed E-state index contributed by atoms with van der Waals surface area (Å²) in [6, 6.07) is 11.9. The molecule has 2 aromatic carbocycles. The summed E-state index contributed by atoms with van der Waals surface area (Å²) in [4.78, 5) is 0. The molecule has 21 heavy (non-hydrogen) atoms. The van der Waals surface area contributed by atoms with E-state index >= 15 is 0 Å². The Balaban J connectivity index is 2.10. The van der Waals surface area contributed by atoms with Gasteiger partial charge in [-0.3, -0.25) is 0 Å². The molecule has 0 saturated heterocycles. The predicted molar refractivity (Wildman–Crippen MR) is 87.7 cm³/mol. The molecular formula is C17H20ClNO2. The lowest BCUT2D eigenvalue weighted by Crippen LogP contribution is -2.02. The Hall–Kier alpha value is -1.87. The Morgan fingerprint density at radius 3 is 2.57 bits per heavy atom. The molecule has 0 saturated carbocycles. The summed E-state index contributed by atoms with van der Waals surface area (Å²) in [5.74, 6) is 1.50. The van der Waals surface area contributed by atoms with Gasteiger partial charge in [0, 0.05) is 6.54 Å². The third-order valence-corrected chi connectivity index (χ3v) is 3.45. The second kappa shape index (κ2) is 7.23. The number of hydrogen-bond acceptors (Lipinski definition) is 3. The molecule has 0 radical (unpaired) electrons. The van der Waals surface area contributed by atoms with Gasteiger partial charge in [-0.05, 0) is 49.2 Å². The maximum absolute atomic E-state index is 6.22. The molecule has 0 unspecified atom stereocenters. The Bertz CT molecular complexity index is 614. The standard InChI is InChI=1S/C17H20ClNO2/c1-4-21-17-10-13(6-8-16(17)20-3)11-19-15-7-5-12(2)9-14(15)18/h5-10,19H,4,11H2,1-3H3. The second-order valence-electron chi connectivity index (χ2n) is 4.76. The molecule has 3 nitrogen and oxygen atoms in total. The van der Waals surface area contributed by atoms with E-state index < -0.39 is 0 Å². The quantitative estimate of drug-likeness (QED) is 0.841. The van der Waals surface area contributed by atoms with Crippen LogP contribution < -0.4 is 14.8 Å². The zero-order valence-electron chi connectivity index (χ0n) is 12.6. The Labute approximate surface area is 130 Å². The van der Waals surface area contributed by atoms with Crippen molar-refractivity contribution >= 4 is 17.3 Å². The van der Waals surface area contributed by atoms with Crippen LogP contribution in [0.2, 0.25) is 5.02 Å². The van der Waals surface area contributed by atoms with Crippen molar-refractivity contribution in [2.75, 3.05) is 19.0 Å². The van der Waals surface area contributed by atoms with Crippen LogP contribution in [0.3, 0.4) is 0 Å². The van der Waals surface area contributed by atoms with E-state index in [1.54, 1.807) is 7.11 Å². The van der Waals surface area contributed by atoms with E-state index in [1.165, 1.54) is 0 Å². The number of hydrogen-bond donors (Lipinski definition) is 1. The van der Waals surface area contributed by atoms with Gasteiger partial charge in [0.05, 0.1) is 24.4 Å². The first-order valence-electron chi connectivity index (χ1n) is 6.93. The summed E-state index contributed by atoms with van der Waals surface area (Å²) in [7, 11) is 1.64. The lowest BCUT2D eigenvalue weighted by atomic mass is 10.2. The van der Waals surface area contributed by atoms with E-state index in [-0.39, 0.29) is 0 Å². The van der Waals surface area contributed by atoms with Gasteiger partial charge in [-0.15, -0.1) is 0 Å². The highest BCUT2D eigenvalue weighted by molar-refractivity contribution is 6.33. The van der Waals surface area contributed by atoms with E-state index in [0.29, 0.717) is 13.2 Å². The highest BCUT2D eigenvalue weighted by atomic mass is 35.5. The van der Waals surface area contributed by atoms with E-state index in [2.05, 4.69) is 5.32 Å². The molecule has 0 aliphatic carbocycles. The van der Waals surface area contributed by atoms with Crippen molar-refractivity contribution in [3.05, 3.63) is 52.5 Å². The van der Waals surface area contributed by atoms with Crippen molar-refractivity contribution in [1.29, 1.82) is 0 Å². The molecule has 0 bridgehead atoms. The van der Waals surface area contributed by atoms with Crippen molar-refractivity contribution in [3.8, 4) is 11.5 Å². The monoisotopic (exact) mass is 305 g/mol. The zero-order chi connectivity index (χ0) is 15.2. The lowest BCUT2D eigenvalue weighted by molar-refractivity contribution is 0.310. The zero-order valence-corrected chi connectivity index (χ0v) is 13.3. The first-order chi connectivity index (χ1) is 10.1. The molecule has 1 N–H and O–H groups in total. The van der Waals surface area contributed by atoms with Gasteiger partial charge in [-0.25, -0.2) is 0 Å². The van der Waals surface area contributed by atoms with Gasteiger partial charge in [-0.2, -0.15) is 0 Å². The summed E-state index contributed by atoms with van der Waals surface area (Å²) >= 11 is 6.22. The van der Waals surface area contributed by atoms with Crippen LogP contribution in [0.5, 0.6) is 11.5 Å². The van der Waals surface area contributed by atoms with Crippen LogP contribution in [-0.4, -0.2) is 13.7 Å². The Morgan fingerprint density at radius 1 is 1.10 bits per heavy atom. The van der Waals surface area contributed by atoms with Crippen LogP contribution >= 0.6 is 11.6 Å². The Kier molecular flexibility index (Phi) is 5.34. The van der Waals surface area contributed by atoms with Gasteiger partial charge in [0.2, 0.25) is 0 Å². The molecule has 0 aromatic heterocycles. The molecule has 0 amide bonds. The van der Waals surface area contributed by atoms with Crippen LogP contribution in [0.15, 0.2) is 36.4 Å². The average Bonchev–Trinajstić information content (AvgIpc) is 2.47. The molecule has 4 heteroatoms. The molecule has 0 spiro atoms. The van der Waals surface area contributed by atoms with Gasteiger partial charge in [0.1, 0.15) is 0 Å². The van der Waals surface area contributed by atoms with Crippen LogP contribution in [0.25, 0.3) is 0 Å². The third kappa shape index (κ3) is 4.05. The van der Waals surface area contributed by atoms with E-state index in [1.807, 2.05) is 50.2 Å². The van der Waals surface area contributed by atoms with Gasteiger partial charge in [0.15, 0.2) is 11.5 Å². The fourth-order valence-electron chi connectivity index (χ4n) is 2.06. The smallest absolute Gasteiger partial charge is 0.161 e. The van der Waals surface area contributed by atoms with Gasteiger partial charge >= 0.3 is 0 Å². The SMILES string of the molecule is CCOc1cc(CNc2ccc(C)cc2Cl)ccc1OC. The molecule has 2 aromatic rings. The molecule has 0 aliphatic rings. The fourth-order valence-corrected chi connectivity index (χ4v) is 2.36. The van der Waals surface area contributed by atoms with Crippen molar-refractivity contribution in [2.24, 2.45) is 0 Å². The van der Waals surface area contributed by atoms with Crippen molar-refractivity contribution in [2.45, 2.75) is 20.4 Å². The topological polar surface area (TPSA) is 30.5 Å². The highest BCUT2D eigenvalue weighted by Crippen LogP contribution is 2.29. The summed E-state index contributed by atoms with van der Waals surface area (Å²) in [5, 5.41) is 4.07. The third-order valence-electron chi connectivity index (χ3n) is 3.14. The van der Waals surface area contributed by atoms with Crippen molar-refractivity contribution in [3.63, 3.8) is 0 Å².